The monoisotopic (exact) mass is 539 g/mol. The van der Waals surface area contributed by atoms with Crippen LogP contribution in [-0.4, -0.2) is 29.3 Å². The number of aryl methyl sites for hydroxylation is 1. The van der Waals surface area contributed by atoms with E-state index in [0.717, 1.165) is 17.8 Å². The van der Waals surface area contributed by atoms with Crippen molar-refractivity contribution in [1.82, 2.24) is 10.2 Å². The van der Waals surface area contributed by atoms with Crippen LogP contribution in [0.25, 0.3) is 11.0 Å². The molecular weight excluding hydrogens is 514 g/mol. The molecule has 0 saturated carbocycles. The molecule has 5 rings (SSSR count). The van der Waals surface area contributed by atoms with E-state index in [1.54, 1.807) is 18.2 Å². The summed E-state index contributed by atoms with van der Waals surface area (Å²) in [6.07, 6.45) is 2.60. The number of benzene rings is 2. The van der Waals surface area contributed by atoms with Crippen LogP contribution in [-0.2, 0) is 6.42 Å². The standard InChI is InChI=1S/C27H26ClN3O5S/c1-4-7-12-35-19-10-8-15(13-20(19)34-6-3)23-22-24(32)17-14-16(28)9-11-18(17)36-25(22)26(33)31(23)27-30-29-21(5-2)37-27/h8-11,13-14,23H,4-7,12H2,1-3H3. The van der Waals surface area contributed by atoms with E-state index in [4.69, 9.17) is 25.5 Å². The summed E-state index contributed by atoms with van der Waals surface area (Å²) >= 11 is 7.50. The van der Waals surface area contributed by atoms with Crippen molar-refractivity contribution < 1.29 is 18.7 Å². The topological polar surface area (TPSA) is 94.8 Å². The van der Waals surface area contributed by atoms with Gasteiger partial charge in [-0.2, -0.15) is 0 Å². The lowest BCUT2D eigenvalue weighted by atomic mass is 9.98. The third-order valence-electron chi connectivity index (χ3n) is 6.14. The first-order chi connectivity index (χ1) is 18.0. The fourth-order valence-electron chi connectivity index (χ4n) is 4.35. The van der Waals surface area contributed by atoms with Gasteiger partial charge in [-0.15, -0.1) is 10.2 Å². The molecule has 1 amide bonds. The van der Waals surface area contributed by atoms with Crippen LogP contribution in [0.2, 0.25) is 5.02 Å². The van der Waals surface area contributed by atoms with E-state index >= 15 is 0 Å². The zero-order valence-corrected chi connectivity index (χ0v) is 22.3. The highest BCUT2D eigenvalue weighted by atomic mass is 35.5. The van der Waals surface area contributed by atoms with Crippen LogP contribution < -0.4 is 19.8 Å². The fraction of sp³-hybridized carbons (Fsp3) is 0.333. The van der Waals surface area contributed by atoms with Crippen LogP contribution >= 0.6 is 22.9 Å². The number of fused-ring (bicyclic) bond motifs is 2. The van der Waals surface area contributed by atoms with Crippen molar-refractivity contribution >= 4 is 44.9 Å². The maximum absolute atomic E-state index is 13.8. The number of anilines is 1. The highest BCUT2D eigenvalue weighted by Crippen LogP contribution is 2.44. The molecule has 0 radical (unpaired) electrons. The van der Waals surface area contributed by atoms with Gasteiger partial charge in [-0.1, -0.05) is 49.3 Å². The van der Waals surface area contributed by atoms with Crippen molar-refractivity contribution in [2.24, 2.45) is 0 Å². The molecule has 1 unspecified atom stereocenters. The van der Waals surface area contributed by atoms with Crippen molar-refractivity contribution in [3.8, 4) is 11.5 Å². The molecule has 0 aliphatic carbocycles. The number of hydrogen-bond acceptors (Lipinski definition) is 8. The Morgan fingerprint density at radius 2 is 1.89 bits per heavy atom. The summed E-state index contributed by atoms with van der Waals surface area (Å²) in [6, 6.07) is 9.46. The summed E-state index contributed by atoms with van der Waals surface area (Å²) in [6.45, 7) is 6.95. The van der Waals surface area contributed by atoms with Crippen LogP contribution in [0.15, 0.2) is 45.6 Å². The van der Waals surface area contributed by atoms with Crippen molar-refractivity contribution in [2.45, 2.75) is 46.1 Å². The largest absolute Gasteiger partial charge is 0.490 e. The minimum atomic E-state index is -0.788. The third-order valence-corrected chi connectivity index (χ3v) is 7.44. The number of rotatable bonds is 9. The molecule has 3 heterocycles. The summed E-state index contributed by atoms with van der Waals surface area (Å²) < 4.78 is 17.8. The van der Waals surface area contributed by atoms with E-state index in [-0.39, 0.29) is 16.8 Å². The molecule has 2 aromatic heterocycles. The number of aromatic nitrogens is 2. The number of carbonyl (C=O) groups excluding carboxylic acids is 1. The number of carbonyl (C=O) groups is 1. The van der Waals surface area contributed by atoms with E-state index in [9.17, 15) is 9.59 Å². The smallest absolute Gasteiger partial charge is 0.297 e. The highest BCUT2D eigenvalue weighted by molar-refractivity contribution is 7.15. The van der Waals surface area contributed by atoms with E-state index < -0.39 is 11.9 Å². The lowest BCUT2D eigenvalue weighted by molar-refractivity contribution is 0.0970. The Labute approximate surface area is 222 Å². The molecule has 192 valence electrons. The summed E-state index contributed by atoms with van der Waals surface area (Å²) in [5, 5.41) is 10.4. The molecule has 0 saturated heterocycles. The number of hydrogen-bond donors (Lipinski definition) is 0. The average molecular weight is 540 g/mol. The molecule has 8 nitrogen and oxygen atoms in total. The van der Waals surface area contributed by atoms with Gasteiger partial charge in [0.1, 0.15) is 10.6 Å². The summed E-state index contributed by atoms with van der Waals surface area (Å²) in [5.41, 5.74) is 0.875. The van der Waals surface area contributed by atoms with Crippen LogP contribution in [0, 0.1) is 0 Å². The van der Waals surface area contributed by atoms with Crippen LogP contribution in [0.1, 0.15) is 66.3 Å². The zero-order chi connectivity index (χ0) is 26.1. The predicted molar refractivity (Wildman–Crippen MR) is 143 cm³/mol. The number of nitrogens with zero attached hydrogens (tertiary/aromatic N) is 3. The molecule has 10 heteroatoms. The molecular formula is C27H26ClN3O5S. The second-order valence-electron chi connectivity index (χ2n) is 8.57. The summed E-state index contributed by atoms with van der Waals surface area (Å²) in [5.74, 6) is 0.682. The molecule has 4 aromatic rings. The normalized spacial score (nSPS) is 14.9. The molecule has 0 spiro atoms. The Kier molecular flexibility index (Phi) is 7.17. The number of halogens is 1. The van der Waals surface area contributed by atoms with Gasteiger partial charge in [0.2, 0.25) is 10.9 Å². The maximum atomic E-state index is 13.8. The number of amides is 1. The lowest BCUT2D eigenvalue weighted by Crippen LogP contribution is -2.29. The van der Waals surface area contributed by atoms with Crippen molar-refractivity contribution in [3.63, 3.8) is 0 Å². The molecule has 0 N–H and O–H groups in total. The maximum Gasteiger partial charge on any atom is 0.297 e. The van der Waals surface area contributed by atoms with Crippen LogP contribution in [0.3, 0.4) is 0 Å². The van der Waals surface area contributed by atoms with Gasteiger partial charge >= 0.3 is 0 Å². The Morgan fingerprint density at radius 3 is 2.62 bits per heavy atom. The van der Waals surface area contributed by atoms with Gasteiger partial charge in [-0.25, -0.2) is 0 Å². The van der Waals surface area contributed by atoms with Crippen molar-refractivity contribution in [1.29, 1.82) is 0 Å². The molecule has 0 bridgehead atoms. The third kappa shape index (κ3) is 4.57. The SMILES string of the molecule is CCCCOc1ccc(C2c3c(oc4ccc(Cl)cc4c3=O)C(=O)N2c2nnc(CC)s2)cc1OCC. The van der Waals surface area contributed by atoms with Crippen molar-refractivity contribution in [3.05, 3.63) is 73.5 Å². The molecule has 2 aromatic carbocycles. The molecule has 1 atom stereocenters. The first-order valence-electron chi connectivity index (χ1n) is 12.3. The number of ether oxygens (including phenoxy) is 2. The Balaban J connectivity index is 1.71. The van der Waals surface area contributed by atoms with Gasteiger partial charge in [-0.05, 0) is 55.7 Å². The second-order valence-corrected chi connectivity index (χ2v) is 10.0. The Hall–Kier alpha value is -3.43. The first kappa shape index (κ1) is 25.2. The Morgan fingerprint density at radius 1 is 1.05 bits per heavy atom. The zero-order valence-electron chi connectivity index (χ0n) is 20.7. The van der Waals surface area contributed by atoms with Gasteiger partial charge in [0.05, 0.1) is 30.2 Å². The highest BCUT2D eigenvalue weighted by Gasteiger charge is 2.45. The van der Waals surface area contributed by atoms with Gasteiger partial charge in [0, 0.05) is 5.02 Å². The number of unbranched alkanes of at least 4 members (excludes halogenated alkanes) is 1. The molecule has 1 aliphatic rings. The van der Waals surface area contributed by atoms with E-state index in [1.807, 2.05) is 32.0 Å². The predicted octanol–water partition coefficient (Wildman–Crippen LogP) is 6.19. The molecule has 0 fully saturated rings. The minimum Gasteiger partial charge on any atom is -0.490 e. The lowest BCUT2D eigenvalue weighted by Gasteiger charge is -2.23. The van der Waals surface area contributed by atoms with Gasteiger partial charge < -0.3 is 13.9 Å². The molecule has 37 heavy (non-hydrogen) atoms. The second kappa shape index (κ2) is 10.5. The van der Waals surface area contributed by atoms with Crippen LogP contribution in [0.4, 0.5) is 5.13 Å². The first-order valence-corrected chi connectivity index (χ1v) is 13.5. The average Bonchev–Trinajstić information content (AvgIpc) is 3.48. The summed E-state index contributed by atoms with van der Waals surface area (Å²) in [4.78, 5) is 29.0. The quantitative estimate of drug-likeness (QED) is 0.234. The van der Waals surface area contributed by atoms with E-state index in [2.05, 4.69) is 17.1 Å². The van der Waals surface area contributed by atoms with Gasteiger partial charge in [0.25, 0.3) is 5.91 Å². The van der Waals surface area contributed by atoms with Crippen LogP contribution in [0.5, 0.6) is 11.5 Å². The summed E-state index contributed by atoms with van der Waals surface area (Å²) in [7, 11) is 0. The van der Waals surface area contributed by atoms with E-state index in [0.29, 0.717) is 57.8 Å². The minimum absolute atomic E-state index is 0.0145. The van der Waals surface area contributed by atoms with Gasteiger partial charge in [0.15, 0.2) is 16.9 Å². The van der Waals surface area contributed by atoms with Gasteiger partial charge in [-0.3, -0.25) is 14.5 Å². The fourth-order valence-corrected chi connectivity index (χ4v) is 5.33. The van der Waals surface area contributed by atoms with Crippen molar-refractivity contribution in [2.75, 3.05) is 18.1 Å². The Bertz CT molecular complexity index is 1530. The van der Waals surface area contributed by atoms with E-state index in [1.165, 1.54) is 16.2 Å². The molecule has 1 aliphatic heterocycles.